The molecule has 0 radical (unpaired) electrons. The SMILES string of the molecule is CCOCC.FB(F)F.O=C(Cc1ccc(O)cc1)c1ccc(O)c(Br)c1O.O=c1c(-c2ccc(O)cc2)coc2c(Br)c(O)ccc12. The fraction of sp³-hybridized carbons (Fsp3) is 0.152. The van der Waals surface area contributed by atoms with Crippen molar-refractivity contribution >= 4 is 56.2 Å². The number of hydrogen-bond acceptors (Lipinski definition) is 9. The number of aromatic hydroxyl groups is 5. The summed E-state index contributed by atoms with van der Waals surface area (Å²) in [5, 5.41) is 47.6. The van der Waals surface area contributed by atoms with E-state index in [1.54, 1.807) is 24.3 Å². The maximum absolute atomic E-state index is 12.5. The zero-order valence-electron chi connectivity index (χ0n) is 25.5. The molecule has 48 heavy (non-hydrogen) atoms. The highest BCUT2D eigenvalue weighted by atomic mass is 79.9. The molecule has 0 aliphatic rings. The van der Waals surface area contributed by atoms with Gasteiger partial charge in [0.2, 0.25) is 5.43 Å². The van der Waals surface area contributed by atoms with Crippen molar-refractivity contribution in [2.75, 3.05) is 13.2 Å². The third-order valence-corrected chi connectivity index (χ3v) is 7.69. The van der Waals surface area contributed by atoms with Crippen LogP contribution in [0.2, 0.25) is 0 Å². The highest BCUT2D eigenvalue weighted by Gasteiger charge is 2.17. The Balaban J connectivity index is 0.000000267. The van der Waals surface area contributed by atoms with E-state index in [9.17, 15) is 43.0 Å². The number of carbonyl (C=O) groups is 1. The third-order valence-electron chi connectivity index (χ3n) is 6.14. The number of halogens is 5. The Kier molecular flexibility index (Phi) is 16.0. The first-order valence-electron chi connectivity index (χ1n) is 14.0. The van der Waals surface area contributed by atoms with Gasteiger partial charge in [0.15, 0.2) is 11.4 Å². The lowest BCUT2D eigenvalue weighted by atomic mass is 10.0. The van der Waals surface area contributed by atoms with Gasteiger partial charge in [-0.25, -0.2) is 0 Å². The molecular formula is C33H30BBr2F3O9. The van der Waals surface area contributed by atoms with E-state index in [1.165, 1.54) is 54.8 Å². The molecule has 0 atom stereocenters. The predicted octanol–water partition coefficient (Wildman–Crippen LogP) is 8.55. The zero-order chi connectivity index (χ0) is 36.0. The predicted molar refractivity (Wildman–Crippen MR) is 184 cm³/mol. The summed E-state index contributed by atoms with van der Waals surface area (Å²) in [6, 6.07) is 18.2. The summed E-state index contributed by atoms with van der Waals surface area (Å²) >= 11 is 6.20. The van der Waals surface area contributed by atoms with Crippen molar-refractivity contribution in [2.45, 2.75) is 20.3 Å². The van der Waals surface area contributed by atoms with Gasteiger partial charge in [-0.1, -0.05) is 24.3 Å². The lowest BCUT2D eigenvalue weighted by molar-refractivity contribution is 0.0990. The molecule has 0 bridgehead atoms. The van der Waals surface area contributed by atoms with E-state index in [4.69, 9.17) is 14.3 Å². The Bertz CT molecular complexity index is 1850. The van der Waals surface area contributed by atoms with Crippen LogP contribution in [-0.4, -0.2) is 52.1 Å². The Hall–Kier alpha value is -4.47. The van der Waals surface area contributed by atoms with E-state index >= 15 is 0 Å². The highest BCUT2D eigenvalue weighted by molar-refractivity contribution is 9.11. The van der Waals surface area contributed by atoms with E-state index < -0.39 is 7.54 Å². The lowest BCUT2D eigenvalue weighted by Gasteiger charge is -2.07. The van der Waals surface area contributed by atoms with Crippen LogP contribution in [0.1, 0.15) is 29.8 Å². The first kappa shape index (κ1) is 39.7. The molecule has 5 N–H and O–H groups in total. The Morgan fingerprint density at radius 3 is 1.79 bits per heavy atom. The molecule has 0 saturated carbocycles. The molecule has 0 saturated heterocycles. The summed E-state index contributed by atoms with van der Waals surface area (Å²) in [6.45, 7) is 5.67. The fourth-order valence-electron chi connectivity index (χ4n) is 3.87. The van der Waals surface area contributed by atoms with Crippen molar-refractivity contribution in [3.05, 3.63) is 109 Å². The molecule has 254 valence electrons. The van der Waals surface area contributed by atoms with Crippen LogP contribution in [0.3, 0.4) is 0 Å². The van der Waals surface area contributed by atoms with Gasteiger partial charge in [0, 0.05) is 19.6 Å². The minimum atomic E-state index is -3.67. The molecule has 0 amide bonds. The van der Waals surface area contributed by atoms with Crippen LogP contribution < -0.4 is 5.43 Å². The Morgan fingerprint density at radius 1 is 0.771 bits per heavy atom. The molecule has 1 aromatic heterocycles. The van der Waals surface area contributed by atoms with Crippen molar-refractivity contribution in [1.29, 1.82) is 0 Å². The quantitative estimate of drug-likeness (QED) is 0.0839. The Labute approximate surface area is 290 Å². The number of hydrogen-bond donors (Lipinski definition) is 5. The third kappa shape index (κ3) is 11.7. The zero-order valence-corrected chi connectivity index (χ0v) is 28.6. The van der Waals surface area contributed by atoms with Crippen LogP contribution in [0.15, 0.2) is 97.2 Å². The minimum Gasteiger partial charge on any atom is -0.508 e. The standard InChI is InChI=1S/C15H9BrO4.C14H11BrO4.C4H10O.BF3/c16-13-12(18)6-5-10-14(19)11(7-20-15(10)13)8-1-3-9(17)4-2-8;15-13-11(17)6-5-10(14(13)19)12(18)7-8-1-3-9(16)4-2-8;1-3-5-4-2;2-1(3)4/h1-7,17-18H;1-6,16-17,19H,7H2;3-4H2,1-2H3;. The maximum Gasteiger partial charge on any atom is 0.762 e. The molecule has 5 aromatic rings. The van der Waals surface area contributed by atoms with Gasteiger partial charge >= 0.3 is 7.54 Å². The molecule has 1 heterocycles. The summed E-state index contributed by atoms with van der Waals surface area (Å²) in [5.74, 6) is -0.401. The summed E-state index contributed by atoms with van der Waals surface area (Å²) in [6.07, 6.45) is 1.45. The number of fused-ring (bicyclic) bond motifs is 1. The number of ether oxygens (including phenoxy) is 1. The normalized spacial score (nSPS) is 10.1. The number of carbonyl (C=O) groups excluding carboxylic acids is 1. The van der Waals surface area contributed by atoms with Gasteiger partial charge in [-0.05, 0) is 105 Å². The number of ketones is 1. The molecule has 0 unspecified atom stereocenters. The van der Waals surface area contributed by atoms with Gasteiger partial charge in [-0.15, -0.1) is 0 Å². The van der Waals surface area contributed by atoms with Crippen molar-refractivity contribution in [3.63, 3.8) is 0 Å². The average Bonchev–Trinajstić information content (AvgIpc) is 3.04. The number of rotatable bonds is 6. The number of Topliss-reactive ketones (excluding diaryl/α,β-unsaturated/α-hetero) is 1. The second kappa shape index (κ2) is 19.4. The van der Waals surface area contributed by atoms with Gasteiger partial charge in [-0.3, -0.25) is 22.5 Å². The second-order valence-electron chi connectivity index (χ2n) is 9.39. The second-order valence-corrected chi connectivity index (χ2v) is 11.0. The summed E-state index contributed by atoms with van der Waals surface area (Å²) in [7, 11) is -3.67. The van der Waals surface area contributed by atoms with Crippen molar-refractivity contribution in [3.8, 4) is 39.9 Å². The van der Waals surface area contributed by atoms with Crippen molar-refractivity contribution in [2.24, 2.45) is 0 Å². The first-order valence-corrected chi connectivity index (χ1v) is 15.5. The van der Waals surface area contributed by atoms with E-state index in [0.29, 0.717) is 26.6 Å². The highest BCUT2D eigenvalue weighted by Crippen LogP contribution is 2.36. The largest absolute Gasteiger partial charge is 0.762 e. The van der Waals surface area contributed by atoms with Gasteiger partial charge < -0.3 is 34.7 Å². The van der Waals surface area contributed by atoms with E-state index in [-0.39, 0.29) is 56.4 Å². The number of phenolic OH excluding ortho intramolecular Hbond substituents is 5. The molecule has 5 rings (SSSR count). The van der Waals surface area contributed by atoms with Gasteiger partial charge in [0.05, 0.1) is 16.5 Å². The van der Waals surface area contributed by atoms with E-state index in [1.807, 2.05) is 13.8 Å². The van der Waals surface area contributed by atoms with Crippen LogP contribution in [-0.2, 0) is 11.2 Å². The van der Waals surface area contributed by atoms with E-state index in [0.717, 1.165) is 18.8 Å². The fourth-order valence-corrected chi connectivity index (χ4v) is 4.66. The molecule has 0 fully saturated rings. The monoisotopic (exact) mass is 796 g/mol. The topological polar surface area (TPSA) is 158 Å². The number of benzene rings is 4. The van der Waals surface area contributed by atoms with Crippen LogP contribution in [0, 0.1) is 0 Å². The van der Waals surface area contributed by atoms with E-state index in [2.05, 4.69) is 31.9 Å². The van der Waals surface area contributed by atoms with Crippen LogP contribution in [0.4, 0.5) is 12.9 Å². The van der Waals surface area contributed by atoms with Gasteiger partial charge in [0.25, 0.3) is 0 Å². The molecule has 0 spiro atoms. The smallest absolute Gasteiger partial charge is 0.508 e. The molecule has 4 aromatic carbocycles. The van der Waals surface area contributed by atoms with Crippen LogP contribution >= 0.6 is 31.9 Å². The van der Waals surface area contributed by atoms with Crippen LogP contribution in [0.25, 0.3) is 22.1 Å². The van der Waals surface area contributed by atoms with Gasteiger partial charge in [-0.2, -0.15) is 0 Å². The Morgan fingerprint density at radius 2 is 1.27 bits per heavy atom. The van der Waals surface area contributed by atoms with Gasteiger partial charge in [0.1, 0.15) is 44.0 Å². The van der Waals surface area contributed by atoms with Crippen molar-refractivity contribution < 1.29 is 52.4 Å². The molecule has 9 nitrogen and oxygen atoms in total. The number of phenols is 5. The molecule has 0 aliphatic carbocycles. The molecule has 0 aliphatic heterocycles. The summed E-state index contributed by atoms with van der Waals surface area (Å²) in [5.41, 5.74) is 2.03. The minimum absolute atomic E-state index is 0.0121. The van der Waals surface area contributed by atoms with Crippen LogP contribution in [0.5, 0.6) is 28.7 Å². The molecular weight excluding hydrogens is 768 g/mol. The molecule has 15 heteroatoms. The average molecular weight is 798 g/mol. The first-order chi connectivity index (χ1) is 22.7. The lowest BCUT2D eigenvalue weighted by Crippen LogP contribution is -2.04. The summed E-state index contributed by atoms with van der Waals surface area (Å²) < 4.78 is 39.7. The summed E-state index contributed by atoms with van der Waals surface area (Å²) in [4.78, 5) is 24.5. The maximum atomic E-state index is 12.5. The van der Waals surface area contributed by atoms with Crippen molar-refractivity contribution in [1.82, 2.24) is 0 Å².